The van der Waals surface area contributed by atoms with Gasteiger partial charge in [-0.05, 0) is 55.5 Å². The van der Waals surface area contributed by atoms with E-state index < -0.39 is 6.04 Å². The molecule has 162 valence electrons. The number of carbonyl (C=O) groups is 2. The molecule has 2 rings (SSSR count). The average Bonchev–Trinajstić information content (AvgIpc) is 2.74. The van der Waals surface area contributed by atoms with Crippen LogP contribution in [0.5, 0.6) is 0 Å². The smallest absolute Gasteiger partial charge is 0.243 e. The molecule has 30 heavy (non-hydrogen) atoms. The molecule has 2 unspecified atom stereocenters. The normalized spacial score (nSPS) is 12.8. The highest BCUT2D eigenvalue weighted by Gasteiger charge is 2.29. The van der Waals surface area contributed by atoms with Gasteiger partial charge in [0.2, 0.25) is 11.8 Å². The molecule has 1 N–H and O–H groups in total. The van der Waals surface area contributed by atoms with E-state index in [1.54, 1.807) is 23.1 Å². The minimum Gasteiger partial charge on any atom is -0.352 e. The van der Waals surface area contributed by atoms with Gasteiger partial charge in [-0.2, -0.15) is 0 Å². The van der Waals surface area contributed by atoms with Gasteiger partial charge in [0.25, 0.3) is 0 Å². The van der Waals surface area contributed by atoms with Crippen molar-refractivity contribution in [1.29, 1.82) is 0 Å². The summed E-state index contributed by atoms with van der Waals surface area (Å²) < 4.78 is 13.3. The van der Waals surface area contributed by atoms with E-state index in [0.29, 0.717) is 17.9 Å². The summed E-state index contributed by atoms with van der Waals surface area (Å²) in [6, 6.07) is 12.9. The minimum atomic E-state index is -0.595. The Morgan fingerprint density at radius 1 is 1.07 bits per heavy atom. The second-order valence-corrected chi connectivity index (χ2v) is 7.89. The van der Waals surface area contributed by atoms with Gasteiger partial charge in [-0.3, -0.25) is 9.59 Å². The van der Waals surface area contributed by atoms with E-state index in [4.69, 9.17) is 11.6 Å². The van der Waals surface area contributed by atoms with Crippen molar-refractivity contribution >= 4 is 23.4 Å². The zero-order valence-electron chi connectivity index (χ0n) is 17.8. The van der Waals surface area contributed by atoms with Crippen LogP contribution >= 0.6 is 11.6 Å². The molecule has 2 aromatic carbocycles. The summed E-state index contributed by atoms with van der Waals surface area (Å²) in [5.74, 6) is -0.637. The Hall–Kier alpha value is -2.40. The molecule has 0 aromatic heterocycles. The van der Waals surface area contributed by atoms with Gasteiger partial charge in [-0.25, -0.2) is 4.39 Å². The predicted molar refractivity (Wildman–Crippen MR) is 119 cm³/mol. The van der Waals surface area contributed by atoms with E-state index in [-0.39, 0.29) is 36.6 Å². The maximum Gasteiger partial charge on any atom is 0.243 e. The van der Waals surface area contributed by atoms with Crippen molar-refractivity contribution in [3.05, 3.63) is 70.5 Å². The van der Waals surface area contributed by atoms with Crippen LogP contribution in [-0.2, 0) is 22.6 Å². The lowest BCUT2D eigenvalue weighted by molar-refractivity contribution is -0.141. The van der Waals surface area contributed by atoms with Crippen LogP contribution in [0, 0.1) is 5.82 Å². The van der Waals surface area contributed by atoms with Crippen LogP contribution in [0.3, 0.4) is 0 Å². The Morgan fingerprint density at radius 3 is 2.33 bits per heavy atom. The molecule has 0 heterocycles. The van der Waals surface area contributed by atoms with E-state index in [2.05, 4.69) is 5.32 Å². The number of carbonyl (C=O) groups excluding carboxylic acids is 2. The second-order valence-electron chi connectivity index (χ2n) is 7.48. The van der Waals surface area contributed by atoms with E-state index in [1.807, 2.05) is 39.0 Å². The Labute approximate surface area is 183 Å². The number of halogens is 2. The molecule has 4 nitrogen and oxygen atoms in total. The number of rotatable bonds is 10. The summed E-state index contributed by atoms with van der Waals surface area (Å²) in [6.07, 6.45) is 2.02. The first-order valence-electron chi connectivity index (χ1n) is 10.4. The highest BCUT2D eigenvalue weighted by Crippen LogP contribution is 2.19. The van der Waals surface area contributed by atoms with Crippen LogP contribution < -0.4 is 5.32 Å². The van der Waals surface area contributed by atoms with Crippen molar-refractivity contribution in [1.82, 2.24) is 10.2 Å². The van der Waals surface area contributed by atoms with Gasteiger partial charge < -0.3 is 10.2 Å². The fourth-order valence-corrected chi connectivity index (χ4v) is 3.46. The molecule has 0 aliphatic rings. The van der Waals surface area contributed by atoms with Crippen LogP contribution in [0.4, 0.5) is 4.39 Å². The van der Waals surface area contributed by atoms with Crippen LogP contribution in [0.2, 0.25) is 5.02 Å². The van der Waals surface area contributed by atoms with E-state index in [0.717, 1.165) is 17.5 Å². The average molecular weight is 433 g/mol. The molecule has 2 atom stereocenters. The molecular formula is C24H30ClFN2O2. The topological polar surface area (TPSA) is 49.4 Å². The largest absolute Gasteiger partial charge is 0.352 e. The summed E-state index contributed by atoms with van der Waals surface area (Å²) in [7, 11) is 0. The molecule has 0 fully saturated rings. The number of amides is 2. The molecule has 0 radical (unpaired) electrons. The number of benzene rings is 2. The zero-order chi connectivity index (χ0) is 22.1. The molecule has 0 spiro atoms. The summed E-state index contributed by atoms with van der Waals surface area (Å²) in [5.41, 5.74) is 1.67. The molecule has 0 aliphatic heterocycles. The number of aryl methyl sites for hydroxylation is 1. The van der Waals surface area contributed by atoms with Crippen molar-refractivity contribution in [3.63, 3.8) is 0 Å². The van der Waals surface area contributed by atoms with Crippen LogP contribution in [-0.4, -0.2) is 28.8 Å². The predicted octanol–water partition coefficient (Wildman–Crippen LogP) is 5.13. The third kappa shape index (κ3) is 6.84. The monoisotopic (exact) mass is 432 g/mol. The van der Waals surface area contributed by atoms with Crippen molar-refractivity contribution in [2.45, 2.75) is 65.1 Å². The van der Waals surface area contributed by atoms with E-state index >= 15 is 0 Å². The number of nitrogens with zero attached hydrogens (tertiary/aromatic N) is 1. The summed E-state index contributed by atoms with van der Waals surface area (Å²) in [4.78, 5) is 27.7. The standard InChI is InChI=1S/C24H30ClFN2O2/c1-4-17(3)27-24(30)22(5-2)28(16-18-10-13-20(26)14-11-18)23(29)15-12-19-8-6-7-9-21(19)25/h6-11,13-14,17,22H,4-5,12,15-16H2,1-3H3,(H,27,30). The lowest BCUT2D eigenvalue weighted by Crippen LogP contribution is -2.50. The molecule has 6 heteroatoms. The lowest BCUT2D eigenvalue weighted by atomic mass is 10.1. The van der Waals surface area contributed by atoms with Crippen molar-refractivity contribution in [2.75, 3.05) is 0 Å². The van der Waals surface area contributed by atoms with Gasteiger partial charge in [-0.15, -0.1) is 0 Å². The fourth-order valence-electron chi connectivity index (χ4n) is 3.23. The van der Waals surface area contributed by atoms with E-state index in [1.165, 1.54) is 12.1 Å². The van der Waals surface area contributed by atoms with Crippen LogP contribution in [0.1, 0.15) is 51.2 Å². The quantitative estimate of drug-likeness (QED) is 0.565. The van der Waals surface area contributed by atoms with Gasteiger partial charge in [-0.1, -0.05) is 55.8 Å². The Bertz CT molecular complexity index is 841. The SMILES string of the molecule is CCC(C)NC(=O)C(CC)N(Cc1ccc(F)cc1)C(=O)CCc1ccccc1Cl. The summed E-state index contributed by atoms with van der Waals surface area (Å²) >= 11 is 6.22. The Kier molecular flexibility index (Phi) is 9.31. The van der Waals surface area contributed by atoms with Crippen LogP contribution in [0.25, 0.3) is 0 Å². The molecular weight excluding hydrogens is 403 g/mol. The first kappa shape index (κ1) is 23.9. The van der Waals surface area contributed by atoms with Crippen molar-refractivity contribution < 1.29 is 14.0 Å². The Morgan fingerprint density at radius 2 is 1.73 bits per heavy atom. The van der Waals surface area contributed by atoms with Gasteiger partial charge in [0.05, 0.1) is 0 Å². The highest BCUT2D eigenvalue weighted by atomic mass is 35.5. The zero-order valence-corrected chi connectivity index (χ0v) is 18.6. The molecule has 2 aromatic rings. The number of hydrogen-bond donors (Lipinski definition) is 1. The van der Waals surface area contributed by atoms with Gasteiger partial charge in [0, 0.05) is 24.0 Å². The number of hydrogen-bond acceptors (Lipinski definition) is 2. The maximum atomic E-state index is 13.3. The molecule has 2 amide bonds. The van der Waals surface area contributed by atoms with Gasteiger partial charge in [0.15, 0.2) is 0 Å². The maximum absolute atomic E-state index is 13.3. The molecule has 0 aliphatic carbocycles. The van der Waals surface area contributed by atoms with Crippen molar-refractivity contribution in [2.24, 2.45) is 0 Å². The molecule has 0 saturated heterocycles. The summed E-state index contributed by atoms with van der Waals surface area (Å²) in [5, 5.41) is 3.60. The van der Waals surface area contributed by atoms with Gasteiger partial charge >= 0.3 is 0 Å². The Balaban J connectivity index is 2.21. The number of nitrogens with one attached hydrogen (secondary N) is 1. The first-order valence-corrected chi connectivity index (χ1v) is 10.8. The third-order valence-corrected chi connectivity index (χ3v) is 5.59. The fraction of sp³-hybridized carbons (Fsp3) is 0.417. The summed E-state index contributed by atoms with van der Waals surface area (Å²) in [6.45, 7) is 6.07. The van der Waals surface area contributed by atoms with Gasteiger partial charge in [0.1, 0.15) is 11.9 Å². The third-order valence-electron chi connectivity index (χ3n) is 5.22. The molecule has 0 bridgehead atoms. The highest BCUT2D eigenvalue weighted by molar-refractivity contribution is 6.31. The minimum absolute atomic E-state index is 0.0254. The second kappa shape index (κ2) is 11.7. The molecule has 0 saturated carbocycles. The van der Waals surface area contributed by atoms with E-state index in [9.17, 15) is 14.0 Å². The van der Waals surface area contributed by atoms with Crippen molar-refractivity contribution in [3.8, 4) is 0 Å². The first-order chi connectivity index (χ1) is 14.3. The lowest BCUT2D eigenvalue weighted by Gasteiger charge is -2.31. The van der Waals surface area contributed by atoms with Crippen LogP contribution in [0.15, 0.2) is 48.5 Å².